The molecule has 0 unspecified atom stereocenters. The molecule has 0 aliphatic heterocycles. The van der Waals surface area contributed by atoms with Crippen LogP contribution in [0.3, 0.4) is 0 Å². The number of anilines is 1. The molecule has 0 radical (unpaired) electrons. The summed E-state index contributed by atoms with van der Waals surface area (Å²) in [5.74, 6) is 1.19. The second-order valence-electron chi connectivity index (χ2n) is 7.23. The van der Waals surface area contributed by atoms with Crippen molar-refractivity contribution in [3.8, 4) is 11.3 Å². The number of ether oxygens (including phenoxy) is 1. The lowest BCUT2D eigenvalue weighted by atomic mass is 10.1. The van der Waals surface area contributed by atoms with Gasteiger partial charge in [0.1, 0.15) is 5.69 Å². The van der Waals surface area contributed by atoms with Crippen molar-refractivity contribution in [2.24, 2.45) is 5.92 Å². The van der Waals surface area contributed by atoms with Gasteiger partial charge in [-0.2, -0.15) is 0 Å². The smallest absolute Gasteiger partial charge is 0.232 e. The van der Waals surface area contributed by atoms with Gasteiger partial charge >= 0.3 is 0 Å². The minimum atomic E-state index is 0.180. The minimum absolute atomic E-state index is 0.180. The van der Waals surface area contributed by atoms with Gasteiger partial charge in [-0.25, -0.2) is 0 Å². The average molecular weight is 386 g/mol. The molecule has 1 fully saturated rings. The third-order valence-corrected chi connectivity index (χ3v) is 5.23. The first-order valence-electron chi connectivity index (χ1n) is 10.3. The number of aromatic nitrogens is 1. The number of hydrogen-bond acceptors (Lipinski definition) is 5. The Morgan fingerprint density at radius 1 is 1.21 bits per heavy atom. The zero-order chi connectivity index (χ0) is 19.9. The van der Waals surface area contributed by atoms with Crippen molar-refractivity contribution >= 4 is 11.8 Å². The molecule has 6 nitrogen and oxygen atoms in total. The Bertz CT molecular complexity index is 752. The third-order valence-electron chi connectivity index (χ3n) is 5.23. The van der Waals surface area contributed by atoms with E-state index in [1.807, 2.05) is 35.2 Å². The monoisotopic (exact) mass is 385 g/mol. The summed E-state index contributed by atoms with van der Waals surface area (Å²) in [5, 5.41) is 4.39. The van der Waals surface area contributed by atoms with Crippen LogP contribution in [0.5, 0.6) is 0 Å². The van der Waals surface area contributed by atoms with Crippen LogP contribution in [0.25, 0.3) is 11.3 Å². The molecule has 0 spiro atoms. The summed E-state index contributed by atoms with van der Waals surface area (Å²) in [6.07, 6.45) is 2.82. The van der Waals surface area contributed by atoms with E-state index in [9.17, 15) is 4.79 Å². The number of benzene rings is 1. The molecular weight excluding hydrogens is 354 g/mol. The van der Waals surface area contributed by atoms with Crippen molar-refractivity contribution in [1.29, 1.82) is 0 Å². The number of carbonyl (C=O) groups is 1. The topological polar surface area (TPSA) is 58.8 Å². The molecule has 0 atom stereocenters. The zero-order valence-corrected chi connectivity index (χ0v) is 17.2. The molecule has 1 aliphatic rings. The molecule has 1 aromatic heterocycles. The van der Waals surface area contributed by atoms with Crippen molar-refractivity contribution in [3.63, 3.8) is 0 Å². The van der Waals surface area contributed by atoms with Gasteiger partial charge in [-0.3, -0.25) is 4.79 Å². The lowest BCUT2D eigenvalue weighted by Crippen LogP contribution is -2.34. The predicted molar refractivity (Wildman–Crippen MR) is 110 cm³/mol. The quantitative estimate of drug-likeness (QED) is 0.548. The van der Waals surface area contributed by atoms with Gasteiger partial charge in [-0.15, -0.1) is 0 Å². The van der Waals surface area contributed by atoms with Crippen LogP contribution in [0.1, 0.15) is 38.7 Å². The first kappa shape index (κ1) is 20.4. The molecule has 3 rings (SSSR count). The number of methoxy groups -OCH3 is 1. The average Bonchev–Trinajstić information content (AvgIpc) is 3.50. The van der Waals surface area contributed by atoms with Crippen molar-refractivity contribution in [1.82, 2.24) is 10.1 Å². The van der Waals surface area contributed by atoms with Crippen LogP contribution in [-0.4, -0.2) is 49.3 Å². The molecule has 2 aromatic rings. The Morgan fingerprint density at radius 2 is 1.93 bits per heavy atom. The second kappa shape index (κ2) is 9.73. The number of carbonyl (C=O) groups excluding carboxylic acids is 1. The second-order valence-corrected chi connectivity index (χ2v) is 7.23. The third kappa shape index (κ3) is 4.73. The fourth-order valence-electron chi connectivity index (χ4n) is 3.47. The minimum Gasteiger partial charge on any atom is -0.385 e. The van der Waals surface area contributed by atoms with Gasteiger partial charge < -0.3 is 19.1 Å². The van der Waals surface area contributed by atoms with Crippen LogP contribution in [0, 0.1) is 5.92 Å². The van der Waals surface area contributed by atoms with Gasteiger partial charge in [0, 0.05) is 44.8 Å². The van der Waals surface area contributed by atoms with Crippen molar-refractivity contribution in [2.75, 3.05) is 38.3 Å². The van der Waals surface area contributed by atoms with E-state index in [1.165, 1.54) is 0 Å². The van der Waals surface area contributed by atoms with Gasteiger partial charge in [0.05, 0.1) is 12.1 Å². The molecule has 0 N–H and O–H groups in total. The maximum absolute atomic E-state index is 12.9. The molecule has 0 bridgehead atoms. The summed E-state index contributed by atoms with van der Waals surface area (Å²) in [5.41, 5.74) is 2.82. The normalized spacial score (nSPS) is 13.5. The highest BCUT2D eigenvalue weighted by Crippen LogP contribution is 2.35. The van der Waals surface area contributed by atoms with Crippen LogP contribution < -0.4 is 4.90 Å². The number of amides is 1. The molecule has 1 aliphatic carbocycles. The Kier molecular flexibility index (Phi) is 7.09. The maximum Gasteiger partial charge on any atom is 0.232 e. The van der Waals surface area contributed by atoms with Crippen LogP contribution in [0.2, 0.25) is 0 Å². The number of nitrogens with zero attached hydrogens (tertiary/aromatic N) is 3. The summed E-state index contributed by atoms with van der Waals surface area (Å²) < 4.78 is 11.0. The summed E-state index contributed by atoms with van der Waals surface area (Å²) in [6, 6.07) is 10.0. The Hall–Kier alpha value is -2.34. The van der Waals surface area contributed by atoms with E-state index in [2.05, 4.69) is 23.9 Å². The highest BCUT2D eigenvalue weighted by molar-refractivity contribution is 5.81. The largest absolute Gasteiger partial charge is 0.385 e. The van der Waals surface area contributed by atoms with Crippen molar-refractivity contribution < 1.29 is 14.1 Å². The molecule has 1 amide bonds. The van der Waals surface area contributed by atoms with Gasteiger partial charge in [0.25, 0.3) is 0 Å². The fourth-order valence-corrected chi connectivity index (χ4v) is 3.47. The fraction of sp³-hybridized carbons (Fsp3) is 0.545. The molecule has 152 valence electrons. The van der Waals surface area contributed by atoms with E-state index in [1.54, 1.807) is 7.11 Å². The summed E-state index contributed by atoms with van der Waals surface area (Å²) in [6.45, 7) is 7.69. The van der Waals surface area contributed by atoms with Gasteiger partial charge in [0.2, 0.25) is 11.8 Å². The van der Waals surface area contributed by atoms with Gasteiger partial charge in [0.15, 0.2) is 0 Å². The zero-order valence-electron chi connectivity index (χ0n) is 17.2. The van der Waals surface area contributed by atoms with Crippen molar-refractivity contribution in [2.45, 2.75) is 39.7 Å². The van der Waals surface area contributed by atoms with E-state index < -0.39 is 0 Å². The molecule has 1 saturated carbocycles. The maximum atomic E-state index is 12.9. The highest BCUT2D eigenvalue weighted by Gasteiger charge is 2.34. The molecular formula is C22H31N3O3. The summed E-state index contributed by atoms with van der Waals surface area (Å²) >= 11 is 0. The summed E-state index contributed by atoms with van der Waals surface area (Å²) in [7, 11) is 1.69. The van der Waals surface area contributed by atoms with Crippen molar-refractivity contribution in [3.05, 3.63) is 35.9 Å². The first-order valence-corrected chi connectivity index (χ1v) is 10.3. The van der Waals surface area contributed by atoms with Crippen LogP contribution in [0.15, 0.2) is 34.9 Å². The van der Waals surface area contributed by atoms with Crippen LogP contribution in [-0.2, 0) is 16.1 Å². The van der Waals surface area contributed by atoms with E-state index in [4.69, 9.17) is 9.26 Å². The summed E-state index contributed by atoms with van der Waals surface area (Å²) in [4.78, 5) is 17.0. The SMILES string of the molecule is CCN(CC)c1onc(-c2ccccc2)c1CN(CCCOC)C(=O)C1CC1. The van der Waals surface area contributed by atoms with E-state index in [0.717, 1.165) is 55.1 Å². The van der Waals surface area contributed by atoms with Crippen LogP contribution >= 0.6 is 0 Å². The van der Waals surface area contributed by atoms with E-state index >= 15 is 0 Å². The van der Waals surface area contributed by atoms with Gasteiger partial charge in [-0.05, 0) is 33.1 Å². The lowest BCUT2D eigenvalue weighted by Gasteiger charge is -2.25. The standard InChI is InChI=1S/C22H31N3O3/c1-4-24(5-2)22-19(20(23-28-22)17-10-7-6-8-11-17)16-25(14-9-15-27-3)21(26)18-12-13-18/h6-8,10-11,18H,4-5,9,12-16H2,1-3H3. The molecule has 28 heavy (non-hydrogen) atoms. The van der Waals surface area contributed by atoms with Crippen LogP contribution in [0.4, 0.5) is 5.88 Å². The first-order chi connectivity index (χ1) is 13.7. The van der Waals surface area contributed by atoms with E-state index in [-0.39, 0.29) is 11.8 Å². The molecule has 0 saturated heterocycles. The number of rotatable bonds is 11. The Balaban J connectivity index is 1.93. The predicted octanol–water partition coefficient (Wildman–Crippen LogP) is 3.96. The molecule has 6 heteroatoms. The molecule has 1 aromatic carbocycles. The number of hydrogen-bond donors (Lipinski definition) is 0. The van der Waals surface area contributed by atoms with E-state index in [0.29, 0.717) is 19.7 Å². The lowest BCUT2D eigenvalue weighted by molar-refractivity contribution is -0.133. The van der Waals surface area contributed by atoms with Gasteiger partial charge in [-0.1, -0.05) is 35.5 Å². The molecule has 1 heterocycles. The Labute approximate surface area is 167 Å². The Morgan fingerprint density at radius 3 is 2.54 bits per heavy atom. The highest BCUT2D eigenvalue weighted by atomic mass is 16.5.